The van der Waals surface area contributed by atoms with E-state index in [0.717, 1.165) is 28.0 Å². The van der Waals surface area contributed by atoms with Crippen molar-refractivity contribution in [3.63, 3.8) is 0 Å². The number of hydrogen-bond donors (Lipinski definition) is 1. The van der Waals surface area contributed by atoms with Crippen LogP contribution in [0, 0.1) is 0 Å². The molecule has 0 spiro atoms. The molecule has 2 N–H and O–H groups in total. The molecule has 0 fully saturated rings. The summed E-state index contributed by atoms with van der Waals surface area (Å²) in [7, 11) is -3.65. The van der Waals surface area contributed by atoms with E-state index in [4.69, 9.17) is 17.3 Å². The Labute approximate surface area is 210 Å². The maximum absolute atomic E-state index is 12.9. The van der Waals surface area contributed by atoms with Gasteiger partial charge in [0.25, 0.3) is 0 Å². The standard InChI is InChI=1S/C27H26ClN2O2S2/c28-23-13-7-8-20(18-23)19-25(29)26-14-15-27(33-26)34(31,32)30-17-16-24(21-9-3-1-4-10-21)22-11-5-2-6-12-22/h1-15,18,24-25,29-30H,16-17,19H2. The number of benzene rings is 3. The molecule has 0 saturated heterocycles. The lowest BCUT2D eigenvalue weighted by atomic mass is 9.89. The molecule has 34 heavy (non-hydrogen) atoms. The molecule has 4 aromatic rings. The molecule has 175 valence electrons. The average Bonchev–Trinajstić information content (AvgIpc) is 3.35. The second-order valence-electron chi connectivity index (χ2n) is 8.10. The van der Waals surface area contributed by atoms with Gasteiger partial charge in [-0.15, -0.1) is 11.3 Å². The fourth-order valence-corrected chi connectivity index (χ4v) is 6.59. The maximum Gasteiger partial charge on any atom is 0.250 e. The largest absolute Gasteiger partial charge is 0.250 e. The molecule has 0 bridgehead atoms. The molecule has 7 heteroatoms. The fraction of sp³-hybridized carbons (Fsp3) is 0.185. The lowest BCUT2D eigenvalue weighted by molar-refractivity contribution is 0.577. The third-order valence-corrected chi connectivity index (χ3v) is 9.06. The van der Waals surface area contributed by atoms with Gasteiger partial charge in [-0.05, 0) is 53.8 Å². The number of nitrogens with one attached hydrogen (secondary N) is 2. The van der Waals surface area contributed by atoms with Crippen molar-refractivity contribution in [2.75, 3.05) is 6.54 Å². The molecule has 4 nitrogen and oxygen atoms in total. The summed E-state index contributed by atoms with van der Waals surface area (Å²) in [5.74, 6) is 0.0966. The lowest BCUT2D eigenvalue weighted by Crippen LogP contribution is -2.25. The molecule has 1 radical (unpaired) electrons. The molecule has 0 aliphatic carbocycles. The molecule has 1 aromatic heterocycles. The van der Waals surface area contributed by atoms with E-state index in [2.05, 4.69) is 29.0 Å². The van der Waals surface area contributed by atoms with Gasteiger partial charge in [0.1, 0.15) is 4.21 Å². The minimum atomic E-state index is -3.65. The zero-order valence-corrected chi connectivity index (χ0v) is 20.9. The summed E-state index contributed by atoms with van der Waals surface area (Å²) >= 11 is 7.19. The molecule has 0 saturated carbocycles. The predicted molar refractivity (Wildman–Crippen MR) is 140 cm³/mol. The molecule has 0 aliphatic heterocycles. The Kier molecular flexibility index (Phi) is 8.19. The zero-order chi connectivity index (χ0) is 24.0. The molecular formula is C27H26ClN2O2S2. The molecule has 1 heterocycles. The van der Waals surface area contributed by atoms with E-state index in [9.17, 15) is 8.42 Å². The number of thiophene rings is 1. The Bertz CT molecular complexity index is 1270. The second-order valence-corrected chi connectivity index (χ2v) is 11.6. The number of halogens is 1. The van der Waals surface area contributed by atoms with Crippen molar-refractivity contribution < 1.29 is 8.42 Å². The fourth-order valence-electron chi connectivity index (χ4n) is 3.97. The first-order valence-corrected chi connectivity index (χ1v) is 13.7. The van der Waals surface area contributed by atoms with Crippen LogP contribution in [0.5, 0.6) is 0 Å². The average molecular weight is 510 g/mol. The molecule has 1 unspecified atom stereocenters. The van der Waals surface area contributed by atoms with Gasteiger partial charge in [0.05, 0.1) is 6.04 Å². The van der Waals surface area contributed by atoms with Crippen LogP contribution >= 0.6 is 22.9 Å². The third-order valence-electron chi connectivity index (χ3n) is 5.67. The first-order valence-electron chi connectivity index (χ1n) is 11.1. The highest BCUT2D eigenvalue weighted by Crippen LogP contribution is 2.30. The van der Waals surface area contributed by atoms with Crippen LogP contribution < -0.4 is 10.5 Å². The molecule has 3 aromatic carbocycles. The van der Waals surface area contributed by atoms with Gasteiger partial charge in [-0.1, -0.05) is 84.4 Å². The lowest BCUT2D eigenvalue weighted by Gasteiger charge is -2.18. The van der Waals surface area contributed by atoms with E-state index in [1.165, 1.54) is 0 Å². The topological polar surface area (TPSA) is 70.0 Å². The van der Waals surface area contributed by atoms with E-state index in [-0.39, 0.29) is 10.1 Å². The Balaban J connectivity index is 1.41. The quantitative estimate of drug-likeness (QED) is 0.266. The highest BCUT2D eigenvalue weighted by molar-refractivity contribution is 7.91. The Hall–Kier alpha value is -2.48. The van der Waals surface area contributed by atoms with Crippen molar-refractivity contribution in [1.82, 2.24) is 10.5 Å². The summed E-state index contributed by atoms with van der Waals surface area (Å²) in [5, 5.41) is 0.632. The summed E-state index contributed by atoms with van der Waals surface area (Å²) in [5.41, 5.74) is 11.7. The zero-order valence-electron chi connectivity index (χ0n) is 18.5. The van der Waals surface area contributed by atoms with Crippen LogP contribution in [0.25, 0.3) is 0 Å². The Morgan fingerprint density at radius 3 is 2.12 bits per heavy atom. The molecule has 4 rings (SSSR count). The molecule has 0 amide bonds. The van der Waals surface area contributed by atoms with Crippen LogP contribution in [0.3, 0.4) is 0 Å². The van der Waals surface area contributed by atoms with Crippen LogP contribution in [0.15, 0.2) is 101 Å². The Morgan fingerprint density at radius 2 is 1.50 bits per heavy atom. The van der Waals surface area contributed by atoms with Crippen molar-refractivity contribution >= 4 is 33.0 Å². The van der Waals surface area contributed by atoms with Crippen LogP contribution in [-0.2, 0) is 16.4 Å². The molecule has 1 atom stereocenters. The van der Waals surface area contributed by atoms with E-state index < -0.39 is 16.1 Å². The number of hydrogen-bond acceptors (Lipinski definition) is 3. The van der Waals surface area contributed by atoms with Crippen molar-refractivity contribution in [3.05, 3.63) is 124 Å². The van der Waals surface area contributed by atoms with Crippen LogP contribution in [-0.4, -0.2) is 15.0 Å². The minimum absolute atomic E-state index is 0.0966. The smallest absolute Gasteiger partial charge is 0.249 e. The van der Waals surface area contributed by atoms with Crippen LogP contribution in [0.1, 0.15) is 39.9 Å². The van der Waals surface area contributed by atoms with Gasteiger partial charge in [0.15, 0.2) is 0 Å². The SMILES string of the molecule is [NH]C(Cc1cccc(Cl)c1)c1ccc(S(=O)(=O)NCCC(c2ccccc2)c2ccccc2)s1. The summed E-state index contributed by atoms with van der Waals surface area (Å²) in [6.45, 7) is 0.316. The second kappa shape index (κ2) is 11.3. The van der Waals surface area contributed by atoms with Crippen molar-refractivity contribution in [2.24, 2.45) is 0 Å². The summed E-state index contributed by atoms with van der Waals surface area (Å²) in [6.07, 6.45) is 1.12. The van der Waals surface area contributed by atoms with E-state index in [1.807, 2.05) is 54.6 Å². The van der Waals surface area contributed by atoms with Gasteiger partial charge in [-0.2, -0.15) is 0 Å². The van der Waals surface area contributed by atoms with Crippen LogP contribution in [0.2, 0.25) is 5.02 Å². The van der Waals surface area contributed by atoms with E-state index in [1.54, 1.807) is 18.2 Å². The van der Waals surface area contributed by atoms with Gasteiger partial charge >= 0.3 is 0 Å². The van der Waals surface area contributed by atoms with Gasteiger partial charge < -0.3 is 0 Å². The van der Waals surface area contributed by atoms with E-state index in [0.29, 0.717) is 29.3 Å². The Morgan fingerprint density at radius 1 is 0.853 bits per heavy atom. The minimum Gasteiger partial charge on any atom is -0.249 e. The van der Waals surface area contributed by atoms with Gasteiger partial charge in [0, 0.05) is 22.4 Å². The first kappa shape index (κ1) is 24.6. The predicted octanol–water partition coefficient (Wildman–Crippen LogP) is 6.47. The summed E-state index contributed by atoms with van der Waals surface area (Å²) in [6, 6.07) is 30.5. The highest BCUT2D eigenvalue weighted by Gasteiger charge is 2.21. The van der Waals surface area contributed by atoms with Gasteiger partial charge in [-0.3, -0.25) is 0 Å². The maximum atomic E-state index is 12.9. The third kappa shape index (κ3) is 6.34. The van der Waals surface area contributed by atoms with Crippen molar-refractivity contribution in [1.29, 1.82) is 0 Å². The monoisotopic (exact) mass is 509 g/mol. The summed E-state index contributed by atoms with van der Waals surface area (Å²) in [4.78, 5) is 0.715. The van der Waals surface area contributed by atoms with Crippen LogP contribution in [0.4, 0.5) is 0 Å². The number of sulfonamides is 1. The number of rotatable bonds is 10. The van der Waals surface area contributed by atoms with Gasteiger partial charge in [0.2, 0.25) is 10.0 Å². The van der Waals surface area contributed by atoms with Crippen molar-refractivity contribution in [2.45, 2.75) is 29.0 Å². The summed E-state index contributed by atoms with van der Waals surface area (Å²) < 4.78 is 28.9. The van der Waals surface area contributed by atoms with Crippen molar-refractivity contribution in [3.8, 4) is 0 Å². The normalized spacial score (nSPS) is 12.7. The molecule has 0 aliphatic rings. The highest BCUT2D eigenvalue weighted by atomic mass is 35.5. The van der Waals surface area contributed by atoms with E-state index >= 15 is 0 Å². The molecular weight excluding hydrogens is 484 g/mol. The first-order chi connectivity index (χ1) is 16.4. The van der Waals surface area contributed by atoms with Gasteiger partial charge in [-0.25, -0.2) is 18.9 Å².